The van der Waals surface area contributed by atoms with E-state index in [1.807, 2.05) is 12.4 Å². The maximum Gasteiger partial charge on any atom is 0.147 e. The molecule has 19 heavy (non-hydrogen) atoms. The van der Waals surface area contributed by atoms with Gasteiger partial charge in [0.15, 0.2) is 0 Å². The molecule has 0 fully saturated rings. The highest BCUT2D eigenvalue weighted by atomic mass is 15.2. The van der Waals surface area contributed by atoms with Crippen molar-refractivity contribution in [3.63, 3.8) is 0 Å². The molecule has 0 bridgehead atoms. The van der Waals surface area contributed by atoms with Gasteiger partial charge in [-0.15, -0.1) is 0 Å². The summed E-state index contributed by atoms with van der Waals surface area (Å²) >= 11 is 0. The van der Waals surface area contributed by atoms with E-state index in [1.165, 1.54) is 0 Å². The van der Waals surface area contributed by atoms with Crippen molar-refractivity contribution in [2.45, 2.75) is 53.6 Å². The van der Waals surface area contributed by atoms with Crippen molar-refractivity contribution in [2.24, 2.45) is 5.92 Å². The number of rotatable bonds is 8. The molecule has 0 spiro atoms. The van der Waals surface area contributed by atoms with Crippen LogP contribution in [0.25, 0.3) is 0 Å². The minimum Gasteiger partial charge on any atom is -0.353 e. The van der Waals surface area contributed by atoms with E-state index < -0.39 is 0 Å². The molecular formula is C15H28N4. The van der Waals surface area contributed by atoms with E-state index in [-0.39, 0.29) is 0 Å². The van der Waals surface area contributed by atoms with Crippen molar-refractivity contribution >= 4 is 5.82 Å². The van der Waals surface area contributed by atoms with E-state index >= 15 is 0 Å². The van der Waals surface area contributed by atoms with Crippen LogP contribution in [0.5, 0.6) is 0 Å². The third kappa shape index (κ3) is 5.55. The van der Waals surface area contributed by atoms with Crippen molar-refractivity contribution in [1.82, 2.24) is 15.3 Å². The van der Waals surface area contributed by atoms with Crippen LogP contribution in [0.4, 0.5) is 5.82 Å². The predicted molar refractivity (Wildman–Crippen MR) is 81.3 cm³/mol. The fourth-order valence-electron chi connectivity index (χ4n) is 1.99. The van der Waals surface area contributed by atoms with Crippen LogP contribution in [-0.2, 0) is 6.54 Å². The van der Waals surface area contributed by atoms with Crippen LogP contribution in [0.3, 0.4) is 0 Å². The average molecular weight is 264 g/mol. The first-order valence-electron chi connectivity index (χ1n) is 7.32. The Balaban J connectivity index is 2.69. The Bertz CT molecular complexity index is 363. The van der Waals surface area contributed by atoms with Crippen molar-refractivity contribution in [3.8, 4) is 0 Å². The lowest BCUT2D eigenvalue weighted by atomic mass is 10.2. The van der Waals surface area contributed by atoms with E-state index in [4.69, 9.17) is 4.98 Å². The Hall–Kier alpha value is -1.16. The Morgan fingerprint density at radius 3 is 2.53 bits per heavy atom. The minimum atomic E-state index is 0.452. The second kappa shape index (κ2) is 8.10. The van der Waals surface area contributed by atoms with Crippen LogP contribution < -0.4 is 10.2 Å². The van der Waals surface area contributed by atoms with Crippen LogP contribution >= 0.6 is 0 Å². The number of hydrogen-bond donors (Lipinski definition) is 1. The van der Waals surface area contributed by atoms with Crippen LogP contribution in [0.2, 0.25) is 0 Å². The van der Waals surface area contributed by atoms with Gasteiger partial charge >= 0.3 is 0 Å². The minimum absolute atomic E-state index is 0.452. The molecule has 0 saturated heterocycles. The fraction of sp³-hybridized carbons (Fsp3) is 0.733. The van der Waals surface area contributed by atoms with Gasteiger partial charge in [-0.25, -0.2) is 4.98 Å². The Labute approximate surface area is 117 Å². The van der Waals surface area contributed by atoms with Crippen molar-refractivity contribution in [2.75, 3.05) is 18.0 Å². The van der Waals surface area contributed by atoms with Gasteiger partial charge in [0.2, 0.25) is 0 Å². The quantitative estimate of drug-likeness (QED) is 0.784. The zero-order valence-electron chi connectivity index (χ0n) is 13.0. The van der Waals surface area contributed by atoms with Gasteiger partial charge < -0.3 is 10.2 Å². The van der Waals surface area contributed by atoms with Gasteiger partial charge in [0, 0.05) is 25.3 Å². The second-order valence-corrected chi connectivity index (χ2v) is 5.68. The summed E-state index contributed by atoms with van der Waals surface area (Å²) in [6, 6.07) is 0.452. The van der Waals surface area contributed by atoms with Gasteiger partial charge in [-0.2, -0.15) is 0 Å². The average Bonchev–Trinajstić information content (AvgIpc) is 2.35. The van der Waals surface area contributed by atoms with E-state index in [1.54, 1.807) is 0 Å². The Kier molecular flexibility index (Phi) is 6.78. The summed E-state index contributed by atoms with van der Waals surface area (Å²) in [4.78, 5) is 11.3. The first kappa shape index (κ1) is 15.9. The summed E-state index contributed by atoms with van der Waals surface area (Å²) in [5, 5.41) is 3.41. The van der Waals surface area contributed by atoms with Crippen LogP contribution in [0.15, 0.2) is 12.4 Å². The molecule has 0 aliphatic rings. The molecule has 108 valence electrons. The molecule has 0 aliphatic heterocycles. The molecule has 0 radical (unpaired) electrons. The van der Waals surface area contributed by atoms with Crippen molar-refractivity contribution in [1.29, 1.82) is 0 Å². The first-order valence-corrected chi connectivity index (χ1v) is 7.32. The third-order valence-corrected chi connectivity index (χ3v) is 2.91. The fourth-order valence-corrected chi connectivity index (χ4v) is 1.99. The van der Waals surface area contributed by atoms with Gasteiger partial charge in [-0.1, -0.05) is 20.8 Å². The predicted octanol–water partition coefficient (Wildman–Crippen LogP) is 2.85. The largest absolute Gasteiger partial charge is 0.353 e. The smallest absolute Gasteiger partial charge is 0.147 e. The molecule has 1 aromatic rings. The van der Waals surface area contributed by atoms with Crippen LogP contribution in [0.1, 0.15) is 46.7 Å². The maximum absolute atomic E-state index is 4.71. The highest BCUT2D eigenvalue weighted by Gasteiger charge is 2.11. The molecule has 0 aliphatic carbocycles. The SMILES string of the molecule is CCCN(c1cncc(CNCC(C)C)n1)C(C)C. The Morgan fingerprint density at radius 1 is 1.21 bits per heavy atom. The molecule has 1 N–H and O–H groups in total. The van der Waals surface area contributed by atoms with Gasteiger partial charge in [0.25, 0.3) is 0 Å². The second-order valence-electron chi connectivity index (χ2n) is 5.68. The molecular weight excluding hydrogens is 236 g/mol. The summed E-state index contributed by atoms with van der Waals surface area (Å²) in [6.07, 6.45) is 4.83. The zero-order valence-corrected chi connectivity index (χ0v) is 13.0. The van der Waals surface area contributed by atoms with Gasteiger partial charge in [0.05, 0.1) is 11.9 Å². The van der Waals surface area contributed by atoms with Crippen LogP contribution in [0, 0.1) is 5.92 Å². The van der Waals surface area contributed by atoms with E-state index in [9.17, 15) is 0 Å². The summed E-state index contributed by atoms with van der Waals surface area (Å²) in [6.45, 7) is 13.8. The summed E-state index contributed by atoms with van der Waals surface area (Å²) in [5.74, 6) is 1.64. The summed E-state index contributed by atoms with van der Waals surface area (Å²) in [7, 11) is 0. The van der Waals surface area contributed by atoms with Gasteiger partial charge in [-0.05, 0) is 32.7 Å². The molecule has 0 unspecified atom stereocenters. The summed E-state index contributed by atoms with van der Waals surface area (Å²) in [5.41, 5.74) is 1.01. The lowest BCUT2D eigenvalue weighted by molar-refractivity contribution is 0.546. The van der Waals surface area contributed by atoms with Gasteiger partial charge in [0.1, 0.15) is 5.82 Å². The molecule has 0 aromatic carbocycles. The molecule has 1 aromatic heterocycles. The standard InChI is InChI=1S/C15H28N4/c1-6-7-19(13(4)5)15-11-17-10-14(18-15)9-16-8-12(2)3/h10-13,16H,6-9H2,1-5H3. The molecule has 0 atom stereocenters. The van der Waals surface area contributed by atoms with Crippen molar-refractivity contribution < 1.29 is 0 Å². The van der Waals surface area contributed by atoms with E-state index in [2.05, 4.69) is 49.8 Å². The van der Waals surface area contributed by atoms with E-state index in [0.717, 1.165) is 37.6 Å². The molecule has 4 heteroatoms. The number of hydrogen-bond acceptors (Lipinski definition) is 4. The number of aromatic nitrogens is 2. The van der Waals surface area contributed by atoms with Crippen LogP contribution in [-0.4, -0.2) is 29.1 Å². The highest BCUT2D eigenvalue weighted by molar-refractivity contribution is 5.37. The molecule has 0 saturated carbocycles. The Morgan fingerprint density at radius 2 is 1.95 bits per heavy atom. The summed E-state index contributed by atoms with van der Waals surface area (Å²) < 4.78 is 0. The highest BCUT2D eigenvalue weighted by Crippen LogP contribution is 2.13. The number of anilines is 1. The monoisotopic (exact) mass is 264 g/mol. The topological polar surface area (TPSA) is 41.1 Å². The lowest BCUT2D eigenvalue weighted by Gasteiger charge is -2.27. The van der Waals surface area contributed by atoms with Gasteiger partial charge in [-0.3, -0.25) is 4.98 Å². The number of nitrogens with one attached hydrogen (secondary N) is 1. The third-order valence-electron chi connectivity index (χ3n) is 2.91. The number of nitrogens with zero attached hydrogens (tertiary/aromatic N) is 3. The molecule has 1 rings (SSSR count). The molecule has 4 nitrogen and oxygen atoms in total. The lowest BCUT2D eigenvalue weighted by Crippen LogP contribution is -2.32. The molecule has 1 heterocycles. The van der Waals surface area contributed by atoms with E-state index in [0.29, 0.717) is 12.0 Å². The zero-order chi connectivity index (χ0) is 14.3. The molecule has 0 amide bonds. The van der Waals surface area contributed by atoms with Crippen molar-refractivity contribution in [3.05, 3.63) is 18.1 Å². The normalized spacial score (nSPS) is 11.3. The first-order chi connectivity index (χ1) is 9.04. The maximum atomic E-state index is 4.71.